The van der Waals surface area contributed by atoms with E-state index in [9.17, 15) is 24.1 Å². The minimum Gasteiger partial charge on any atom is -0.455 e. The monoisotopic (exact) mass is 508 g/mol. The van der Waals surface area contributed by atoms with Crippen molar-refractivity contribution < 1.29 is 28.6 Å². The Kier molecular flexibility index (Phi) is 9.21. The van der Waals surface area contributed by atoms with E-state index in [2.05, 4.69) is 10.2 Å². The number of piperazine rings is 1. The Labute approximate surface area is 206 Å². The Hall–Kier alpha value is -3.44. The summed E-state index contributed by atoms with van der Waals surface area (Å²) >= 11 is 6.10. The molecule has 0 spiro atoms. The summed E-state index contributed by atoms with van der Waals surface area (Å²) in [6.45, 7) is 3.75. The lowest BCUT2D eigenvalue weighted by Gasteiger charge is -2.34. The van der Waals surface area contributed by atoms with Crippen LogP contribution in [0.2, 0.25) is 5.02 Å². The average molecular weight is 509 g/mol. The number of esters is 1. The molecule has 0 atom stereocenters. The van der Waals surface area contributed by atoms with Crippen LogP contribution >= 0.6 is 11.6 Å². The van der Waals surface area contributed by atoms with Gasteiger partial charge < -0.3 is 19.8 Å². The first-order chi connectivity index (χ1) is 16.7. The molecule has 188 valence electrons. The van der Waals surface area contributed by atoms with Crippen molar-refractivity contribution in [2.75, 3.05) is 51.3 Å². The maximum absolute atomic E-state index is 14.2. The van der Waals surface area contributed by atoms with Crippen LogP contribution in [-0.2, 0) is 25.6 Å². The van der Waals surface area contributed by atoms with Crippen molar-refractivity contribution in [3.8, 4) is 0 Å². The van der Waals surface area contributed by atoms with Crippen LogP contribution in [-0.4, -0.2) is 72.7 Å². The standard InChI is InChI=1S/C23H26ClFN4O6/c1-16-5-6-20(26-23-18(24)3-2-4-19(23)25)17(13-16)14-22(31)34-15-21(30)28-9-7-27(8-10-28)11-12-35-29(32)33/h2-6,13,26H,7-12,14-15H2,1H3. The van der Waals surface area contributed by atoms with Gasteiger partial charge in [-0.15, -0.1) is 10.1 Å². The van der Waals surface area contributed by atoms with Crippen LogP contribution in [0, 0.1) is 22.9 Å². The van der Waals surface area contributed by atoms with Crippen LogP contribution in [0.15, 0.2) is 36.4 Å². The number of halogens is 2. The van der Waals surface area contributed by atoms with Gasteiger partial charge in [0.05, 0.1) is 17.1 Å². The molecule has 35 heavy (non-hydrogen) atoms. The lowest BCUT2D eigenvalue weighted by Crippen LogP contribution is -2.50. The van der Waals surface area contributed by atoms with Gasteiger partial charge >= 0.3 is 5.97 Å². The summed E-state index contributed by atoms with van der Waals surface area (Å²) in [5.41, 5.74) is 2.08. The zero-order valence-electron chi connectivity index (χ0n) is 19.2. The van der Waals surface area contributed by atoms with E-state index in [4.69, 9.17) is 16.3 Å². The number of nitrogens with zero attached hydrogens (tertiary/aromatic N) is 3. The van der Waals surface area contributed by atoms with Crippen LogP contribution < -0.4 is 5.32 Å². The molecule has 0 aliphatic carbocycles. The van der Waals surface area contributed by atoms with Crippen molar-refractivity contribution >= 4 is 34.9 Å². The Bertz CT molecular complexity index is 1060. The second-order valence-electron chi connectivity index (χ2n) is 8.00. The highest BCUT2D eigenvalue weighted by Crippen LogP contribution is 2.30. The molecule has 10 nitrogen and oxygen atoms in total. The number of hydrogen-bond donors (Lipinski definition) is 1. The predicted octanol–water partition coefficient (Wildman–Crippen LogP) is 2.97. The van der Waals surface area contributed by atoms with Crippen molar-refractivity contribution in [2.24, 2.45) is 0 Å². The Morgan fingerprint density at radius 3 is 2.63 bits per heavy atom. The first-order valence-corrected chi connectivity index (χ1v) is 11.3. The van der Waals surface area contributed by atoms with Crippen molar-refractivity contribution in [3.63, 3.8) is 0 Å². The highest BCUT2D eigenvalue weighted by Gasteiger charge is 2.22. The summed E-state index contributed by atoms with van der Waals surface area (Å²) in [5.74, 6) is -1.44. The molecule has 12 heteroatoms. The summed E-state index contributed by atoms with van der Waals surface area (Å²) in [4.78, 5) is 43.0. The van der Waals surface area contributed by atoms with Crippen LogP contribution in [0.1, 0.15) is 11.1 Å². The van der Waals surface area contributed by atoms with E-state index in [0.717, 1.165) is 5.56 Å². The van der Waals surface area contributed by atoms with Gasteiger partial charge in [0.25, 0.3) is 11.0 Å². The molecular formula is C23H26ClFN4O6. The molecule has 0 radical (unpaired) electrons. The third-order valence-electron chi connectivity index (χ3n) is 5.50. The maximum atomic E-state index is 14.2. The topological polar surface area (TPSA) is 114 Å². The highest BCUT2D eigenvalue weighted by atomic mass is 35.5. The van der Waals surface area contributed by atoms with E-state index in [0.29, 0.717) is 44.0 Å². The molecule has 0 saturated carbocycles. The van der Waals surface area contributed by atoms with Crippen LogP contribution in [0.4, 0.5) is 15.8 Å². The molecule has 1 amide bonds. The lowest BCUT2D eigenvalue weighted by atomic mass is 10.1. The number of carbonyl (C=O) groups is 2. The number of para-hydroxylation sites is 1. The van der Waals surface area contributed by atoms with E-state index in [1.165, 1.54) is 12.1 Å². The second kappa shape index (κ2) is 12.3. The molecular weight excluding hydrogens is 483 g/mol. The molecule has 2 aromatic carbocycles. The Morgan fingerprint density at radius 1 is 1.20 bits per heavy atom. The fraction of sp³-hybridized carbons (Fsp3) is 0.391. The van der Waals surface area contributed by atoms with E-state index >= 15 is 0 Å². The SMILES string of the molecule is Cc1ccc(Nc2c(F)cccc2Cl)c(CC(=O)OCC(=O)N2CCN(CCO[N+](=O)[O-])CC2)c1. The Balaban J connectivity index is 1.51. The molecule has 0 aromatic heterocycles. The zero-order valence-corrected chi connectivity index (χ0v) is 19.9. The van der Waals surface area contributed by atoms with Crippen LogP contribution in [0.5, 0.6) is 0 Å². The minimum atomic E-state index is -0.834. The van der Waals surface area contributed by atoms with Gasteiger partial charge in [0, 0.05) is 38.4 Å². The van der Waals surface area contributed by atoms with Gasteiger partial charge in [0.2, 0.25) is 0 Å². The molecule has 2 aromatic rings. The summed E-state index contributed by atoms with van der Waals surface area (Å²) in [6, 6.07) is 9.66. The number of amides is 1. The van der Waals surface area contributed by atoms with Crippen LogP contribution in [0.3, 0.4) is 0 Å². The van der Waals surface area contributed by atoms with E-state index in [1.54, 1.807) is 23.1 Å². The predicted molar refractivity (Wildman–Crippen MR) is 127 cm³/mol. The van der Waals surface area contributed by atoms with Crippen molar-refractivity contribution in [1.29, 1.82) is 0 Å². The number of ether oxygens (including phenoxy) is 1. The van der Waals surface area contributed by atoms with Gasteiger partial charge in [-0.25, -0.2) is 4.39 Å². The number of anilines is 2. The molecule has 1 heterocycles. The van der Waals surface area contributed by atoms with Gasteiger partial charge in [-0.05, 0) is 30.7 Å². The molecule has 1 aliphatic rings. The minimum absolute atomic E-state index is 0.0303. The first-order valence-electron chi connectivity index (χ1n) is 11.0. The normalized spacial score (nSPS) is 13.9. The molecule has 1 saturated heterocycles. The molecule has 3 rings (SSSR count). The molecule has 1 fully saturated rings. The summed E-state index contributed by atoms with van der Waals surface area (Å²) < 4.78 is 19.4. The van der Waals surface area contributed by atoms with Crippen molar-refractivity contribution in [2.45, 2.75) is 13.3 Å². The molecule has 0 bridgehead atoms. The largest absolute Gasteiger partial charge is 0.455 e. The fourth-order valence-electron chi connectivity index (χ4n) is 3.65. The van der Waals surface area contributed by atoms with E-state index in [-0.39, 0.29) is 29.6 Å². The van der Waals surface area contributed by atoms with Gasteiger partial charge in [0.1, 0.15) is 12.4 Å². The smallest absolute Gasteiger partial charge is 0.310 e. The quantitative estimate of drug-likeness (QED) is 0.296. The van der Waals surface area contributed by atoms with Gasteiger partial charge in [-0.1, -0.05) is 35.4 Å². The van der Waals surface area contributed by atoms with Gasteiger partial charge in [0.15, 0.2) is 6.61 Å². The first kappa shape index (κ1) is 26.2. The molecule has 1 aliphatic heterocycles. The van der Waals surface area contributed by atoms with Gasteiger partial charge in [-0.2, -0.15) is 0 Å². The second-order valence-corrected chi connectivity index (χ2v) is 8.41. The molecule has 0 unspecified atom stereocenters. The third-order valence-corrected chi connectivity index (χ3v) is 5.82. The van der Waals surface area contributed by atoms with E-state index < -0.39 is 23.5 Å². The third kappa shape index (κ3) is 7.79. The zero-order chi connectivity index (χ0) is 25.4. The van der Waals surface area contributed by atoms with Gasteiger partial charge in [-0.3, -0.25) is 14.5 Å². The number of rotatable bonds is 10. The van der Waals surface area contributed by atoms with Crippen molar-refractivity contribution in [3.05, 3.63) is 68.5 Å². The number of aryl methyl sites for hydroxylation is 1. The number of benzene rings is 2. The molecule has 1 N–H and O–H groups in total. The average Bonchev–Trinajstić information content (AvgIpc) is 2.81. The lowest BCUT2D eigenvalue weighted by molar-refractivity contribution is -0.757. The fourth-order valence-corrected chi connectivity index (χ4v) is 3.86. The van der Waals surface area contributed by atoms with E-state index in [1.807, 2.05) is 17.9 Å². The Morgan fingerprint density at radius 2 is 1.94 bits per heavy atom. The summed E-state index contributed by atoms with van der Waals surface area (Å²) in [5, 5.41) is 12.5. The highest BCUT2D eigenvalue weighted by molar-refractivity contribution is 6.33. The maximum Gasteiger partial charge on any atom is 0.310 e. The number of carbonyl (C=O) groups excluding carboxylic acids is 2. The van der Waals surface area contributed by atoms with Crippen LogP contribution in [0.25, 0.3) is 0 Å². The van der Waals surface area contributed by atoms with Crippen molar-refractivity contribution in [1.82, 2.24) is 9.80 Å². The summed E-state index contributed by atoms with van der Waals surface area (Å²) in [6.07, 6.45) is -0.117. The number of nitrogens with one attached hydrogen (secondary N) is 1. The number of hydrogen-bond acceptors (Lipinski definition) is 8. The summed E-state index contributed by atoms with van der Waals surface area (Å²) in [7, 11) is 0.